The molecule has 2 aromatic rings. The van der Waals surface area contributed by atoms with Gasteiger partial charge in [0.15, 0.2) is 0 Å². The van der Waals surface area contributed by atoms with Crippen molar-refractivity contribution in [2.75, 3.05) is 12.8 Å². The van der Waals surface area contributed by atoms with Crippen LogP contribution in [0, 0.1) is 0 Å². The number of nitrogens with zero attached hydrogens (tertiary/aromatic N) is 3. The lowest BCUT2D eigenvalue weighted by atomic mass is 10.0. The van der Waals surface area contributed by atoms with E-state index >= 15 is 0 Å². The van der Waals surface area contributed by atoms with Gasteiger partial charge in [0.05, 0.1) is 18.3 Å². The van der Waals surface area contributed by atoms with Crippen molar-refractivity contribution in [3.8, 4) is 0 Å². The van der Waals surface area contributed by atoms with Crippen LogP contribution < -0.4 is 4.72 Å². The van der Waals surface area contributed by atoms with Crippen LogP contribution in [0.2, 0.25) is 0 Å². The Bertz CT molecular complexity index is 771. The molecule has 0 unspecified atom stereocenters. The maximum atomic E-state index is 11.5. The number of nitrogens with one attached hydrogen (secondary N) is 1. The average molecular weight is 334 g/mol. The zero-order chi connectivity index (χ0) is 16.4. The normalized spacial score (nSPS) is 18.8. The fourth-order valence-corrected chi connectivity index (χ4v) is 3.52. The van der Waals surface area contributed by atoms with Gasteiger partial charge in [0, 0.05) is 44.8 Å². The van der Waals surface area contributed by atoms with Gasteiger partial charge < -0.3 is 4.57 Å². The molecule has 1 aromatic heterocycles. The second kappa shape index (κ2) is 6.43. The second-order valence-electron chi connectivity index (χ2n) is 6.12. The number of aromatic nitrogens is 2. The topological polar surface area (TPSA) is 67.2 Å². The first-order chi connectivity index (χ1) is 10.9. The van der Waals surface area contributed by atoms with E-state index in [-0.39, 0.29) is 6.04 Å². The first-order valence-electron chi connectivity index (χ1n) is 7.64. The number of sulfonamides is 1. The van der Waals surface area contributed by atoms with Crippen LogP contribution in [0.1, 0.15) is 17.0 Å². The van der Waals surface area contributed by atoms with E-state index in [1.165, 1.54) is 17.5 Å². The molecule has 0 saturated heterocycles. The van der Waals surface area contributed by atoms with Crippen LogP contribution in [0.5, 0.6) is 0 Å². The molecule has 7 heteroatoms. The summed E-state index contributed by atoms with van der Waals surface area (Å²) in [5.74, 6) is 0. The number of rotatable bonds is 5. The molecule has 0 bridgehead atoms. The SMILES string of the molecule is Cn1cnc2c1C[C@@H](CNS(C)(=O)=O)N(Cc1ccccc1)C2. The molecular formula is C16H22N4O2S. The number of hydrogen-bond donors (Lipinski definition) is 1. The first-order valence-corrected chi connectivity index (χ1v) is 9.53. The van der Waals surface area contributed by atoms with Gasteiger partial charge in [-0.25, -0.2) is 18.1 Å². The van der Waals surface area contributed by atoms with Gasteiger partial charge in [-0.3, -0.25) is 4.90 Å². The van der Waals surface area contributed by atoms with E-state index < -0.39 is 10.0 Å². The third-order valence-electron chi connectivity index (χ3n) is 4.25. The van der Waals surface area contributed by atoms with E-state index in [2.05, 4.69) is 26.7 Å². The summed E-state index contributed by atoms with van der Waals surface area (Å²) in [7, 11) is -1.21. The zero-order valence-electron chi connectivity index (χ0n) is 13.4. The van der Waals surface area contributed by atoms with Crippen molar-refractivity contribution in [3.05, 3.63) is 53.6 Å². The Morgan fingerprint density at radius 1 is 1.30 bits per heavy atom. The number of benzene rings is 1. The van der Waals surface area contributed by atoms with Crippen molar-refractivity contribution in [1.82, 2.24) is 19.2 Å². The fraction of sp³-hybridized carbons (Fsp3) is 0.438. The van der Waals surface area contributed by atoms with E-state index in [9.17, 15) is 8.42 Å². The van der Waals surface area contributed by atoms with Gasteiger partial charge in [0.1, 0.15) is 0 Å². The van der Waals surface area contributed by atoms with Gasteiger partial charge in [0.2, 0.25) is 10.0 Å². The lowest BCUT2D eigenvalue weighted by molar-refractivity contribution is 0.159. The molecule has 0 spiro atoms. The molecule has 6 nitrogen and oxygen atoms in total. The summed E-state index contributed by atoms with van der Waals surface area (Å²) >= 11 is 0. The van der Waals surface area contributed by atoms with Gasteiger partial charge in [0.25, 0.3) is 0 Å². The standard InChI is InChI=1S/C16H22N4O2S/c1-19-12-17-15-11-20(10-13-6-4-3-5-7-13)14(8-16(15)19)9-18-23(2,21)22/h3-7,12,14,18H,8-11H2,1-2H3/t14-/m0/s1. The largest absolute Gasteiger partial charge is 0.337 e. The van der Waals surface area contributed by atoms with Crippen LogP contribution >= 0.6 is 0 Å². The molecule has 1 aromatic carbocycles. The minimum Gasteiger partial charge on any atom is -0.337 e. The van der Waals surface area contributed by atoms with E-state index in [0.29, 0.717) is 6.54 Å². The molecule has 0 amide bonds. The van der Waals surface area contributed by atoms with Crippen LogP contribution in [0.4, 0.5) is 0 Å². The third kappa shape index (κ3) is 3.99. The van der Waals surface area contributed by atoms with Crippen LogP contribution in [-0.2, 0) is 36.6 Å². The lowest BCUT2D eigenvalue weighted by Crippen LogP contribution is -2.47. The number of aryl methyl sites for hydroxylation is 1. The zero-order valence-corrected chi connectivity index (χ0v) is 14.3. The highest BCUT2D eigenvalue weighted by Gasteiger charge is 2.29. The van der Waals surface area contributed by atoms with Crippen molar-refractivity contribution in [1.29, 1.82) is 0 Å². The predicted octanol–water partition coefficient (Wildman–Crippen LogP) is 0.896. The van der Waals surface area contributed by atoms with Gasteiger partial charge in [-0.05, 0) is 5.56 Å². The average Bonchev–Trinajstić information content (AvgIpc) is 2.86. The lowest BCUT2D eigenvalue weighted by Gasteiger charge is -2.35. The Kier molecular flexibility index (Phi) is 4.52. The second-order valence-corrected chi connectivity index (χ2v) is 7.95. The highest BCUT2D eigenvalue weighted by Crippen LogP contribution is 2.23. The number of fused-ring (bicyclic) bond motifs is 1. The summed E-state index contributed by atoms with van der Waals surface area (Å²) in [4.78, 5) is 6.77. The Hall–Kier alpha value is -1.70. The van der Waals surface area contributed by atoms with Gasteiger partial charge in [-0.2, -0.15) is 0 Å². The molecular weight excluding hydrogens is 312 g/mol. The predicted molar refractivity (Wildman–Crippen MR) is 89.2 cm³/mol. The van der Waals surface area contributed by atoms with Gasteiger partial charge >= 0.3 is 0 Å². The van der Waals surface area contributed by atoms with Crippen molar-refractivity contribution < 1.29 is 8.42 Å². The smallest absolute Gasteiger partial charge is 0.208 e. The molecule has 3 rings (SSSR count). The molecule has 2 heterocycles. The third-order valence-corrected chi connectivity index (χ3v) is 4.94. The number of imidazole rings is 1. The summed E-state index contributed by atoms with van der Waals surface area (Å²) < 4.78 is 27.6. The van der Waals surface area contributed by atoms with E-state index in [1.807, 2.05) is 36.1 Å². The van der Waals surface area contributed by atoms with Crippen molar-refractivity contribution >= 4 is 10.0 Å². The van der Waals surface area contributed by atoms with Crippen LogP contribution in [0.15, 0.2) is 36.7 Å². The molecule has 124 valence electrons. The number of hydrogen-bond acceptors (Lipinski definition) is 4. The first kappa shape index (κ1) is 16.2. The highest BCUT2D eigenvalue weighted by molar-refractivity contribution is 7.88. The van der Waals surface area contributed by atoms with Gasteiger partial charge in [-0.15, -0.1) is 0 Å². The quantitative estimate of drug-likeness (QED) is 0.882. The summed E-state index contributed by atoms with van der Waals surface area (Å²) in [6, 6.07) is 10.3. The Balaban J connectivity index is 1.81. The van der Waals surface area contributed by atoms with Crippen molar-refractivity contribution in [2.24, 2.45) is 7.05 Å². The molecule has 0 fully saturated rings. The minimum absolute atomic E-state index is 0.118. The Morgan fingerprint density at radius 2 is 2.04 bits per heavy atom. The Labute approximate surface area is 137 Å². The van der Waals surface area contributed by atoms with Crippen molar-refractivity contribution in [3.63, 3.8) is 0 Å². The van der Waals surface area contributed by atoms with E-state index in [4.69, 9.17) is 0 Å². The summed E-state index contributed by atoms with van der Waals surface area (Å²) in [6.07, 6.45) is 3.83. The monoisotopic (exact) mass is 334 g/mol. The molecule has 1 aliphatic rings. The van der Waals surface area contributed by atoms with Crippen LogP contribution in [-0.4, -0.2) is 41.7 Å². The van der Waals surface area contributed by atoms with Gasteiger partial charge in [-0.1, -0.05) is 30.3 Å². The highest BCUT2D eigenvalue weighted by atomic mass is 32.2. The van der Waals surface area contributed by atoms with Crippen LogP contribution in [0.25, 0.3) is 0 Å². The van der Waals surface area contributed by atoms with E-state index in [0.717, 1.165) is 25.2 Å². The maximum Gasteiger partial charge on any atom is 0.208 e. The minimum atomic E-state index is -3.19. The molecule has 1 atom stereocenters. The Morgan fingerprint density at radius 3 is 2.74 bits per heavy atom. The van der Waals surface area contributed by atoms with Crippen molar-refractivity contribution in [2.45, 2.75) is 25.6 Å². The van der Waals surface area contributed by atoms with Crippen LogP contribution in [0.3, 0.4) is 0 Å². The summed E-state index contributed by atoms with van der Waals surface area (Å²) in [6.45, 7) is 1.93. The van der Waals surface area contributed by atoms with E-state index in [1.54, 1.807) is 0 Å². The molecule has 0 radical (unpaired) electrons. The molecule has 0 aliphatic carbocycles. The molecule has 1 N–H and O–H groups in total. The fourth-order valence-electron chi connectivity index (χ4n) is 3.02. The molecule has 1 aliphatic heterocycles. The maximum absolute atomic E-state index is 11.5. The summed E-state index contributed by atoms with van der Waals surface area (Å²) in [5, 5.41) is 0. The molecule has 23 heavy (non-hydrogen) atoms. The summed E-state index contributed by atoms with van der Waals surface area (Å²) in [5.41, 5.74) is 3.49. The molecule has 0 saturated carbocycles.